The molecule has 0 aliphatic rings. The second kappa shape index (κ2) is 6.71. The van der Waals surface area contributed by atoms with Crippen molar-refractivity contribution in [1.29, 1.82) is 0 Å². The van der Waals surface area contributed by atoms with E-state index in [4.69, 9.17) is 5.73 Å². The van der Waals surface area contributed by atoms with Gasteiger partial charge < -0.3 is 11.1 Å². The molecule has 0 radical (unpaired) electrons. The summed E-state index contributed by atoms with van der Waals surface area (Å²) >= 11 is 0. The van der Waals surface area contributed by atoms with Crippen molar-refractivity contribution in [3.63, 3.8) is 0 Å². The Morgan fingerprint density at radius 3 is 2.56 bits per heavy atom. The Labute approximate surface area is 152 Å². The van der Waals surface area contributed by atoms with Crippen molar-refractivity contribution in [3.8, 4) is 11.4 Å². The fourth-order valence-corrected chi connectivity index (χ4v) is 2.68. The van der Waals surface area contributed by atoms with Gasteiger partial charge in [-0.3, -0.25) is 4.79 Å². The highest BCUT2D eigenvalue weighted by Gasteiger charge is 2.30. The number of rotatable bonds is 4. The lowest BCUT2D eigenvalue weighted by Crippen LogP contribution is -2.14. The average Bonchev–Trinajstić information content (AvgIpc) is 3.00. The van der Waals surface area contributed by atoms with E-state index in [1.54, 1.807) is 20.0 Å². The van der Waals surface area contributed by atoms with Gasteiger partial charge in [0.1, 0.15) is 0 Å². The lowest BCUT2D eigenvalue weighted by Gasteiger charge is -2.15. The number of carbonyl (C=O) groups excluding carboxylic acids is 1. The molecule has 0 unspecified atom stereocenters. The van der Waals surface area contributed by atoms with Crippen LogP contribution in [0.2, 0.25) is 0 Å². The lowest BCUT2D eigenvalue weighted by molar-refractivity contribution is -0.137. The minimum absolute atomic E-state index is 0.215. The number of nitrogens with two attached hydrogens (primary N) is 1. The maximum Gasteiger partial charge on any atom is 0.416 e. The largest absolute Gasteiger partial charge is 0.416 e. The number of aryl methyl sites for hydroxylation is 1. The first-order valence-electron chi connectivity index (χ1n) is 7.79. The Hall–Kier alpha value is -3.43. The van der Waals surface area contributed by atoms with E-state index >= 15 is 0 Å². The van der Waals surface area contributed by atoms with Gasteiger partial charge in [0, 0.05) is 11.3 Å². The molecule has 2 aromatic carbocycles. The Kier molecular flexibility index (Phi) is 4.56. The molecule has 0 atom stereocenters. The minimum Gasteiger partial charge on any atom is -0.366 e. The third-order valence-electron chi connectivity index (χ3n) is 3.93. The Balaban J connectivity index is 2.11. The van der Waals surface area contributed by atoms with Crippen molar-refractivity contribution < 1.29 is 18.0 Å². The predicted molar refractivity (Wildman–Crippen MR) is 92.2 cm³/mol. The van der Waals surface area contributed by atoms with Crippen LogP contribution < -0.4 is 11.1 Å². The Morgan fingerprint density at radius 2 is 1.96 bits per heavy atom. The molecule has 1 aromatic heterocycles. The van der Waals surface area contributed by atoms with E-state index < -0.39 is 17.6 Å². The number of benzene rings is 2. The number of alkyl halides is 3. The summed E-state index contributed by atoms with van der Waals surface area (Å²) in [6, 6.07) is 7.81. The Morgan fingerprint density at radius 1 is 1.22 bits per heavy atom. The van der Waals surface area contributed by atoms with E-state index in [0.717, 1.165) is 12.1 Å². The summed E-state index contributed by atoms with van der Waals surface area (Å²) in [6.07, 6.45) is -4.46. The molecule has 0 saturated heterocycles. The zero-order chi connectivity index (χ0) is 19.8. The summed E-state index contributed by atoms with van der Waals surface area (Å²) in [6.45, 7) is 1.66. The number of primary amides is 1. The molecule has 10 heteroatoms. The summed E-state index contributed by atoms with van der Waals surface area (Å²) in [5.41, 5.74) is 6.43. The van der Waals surface area contributed by atoms with E-state index in [-0.39, 0.29) is 17.1 Å². The predicted octanol–water partition coefficient (Wildman–Crippen LogP) is 3.05. The molecule has 3 rings (SSSR count). The zero-order valence-corrected chi connectivity index (χ0v) is 14.4. The average molecular weight is 376 g/mol. The highest BCUT2D eigenvalue weighted by molar-refractivity contribution is 5.98. The number of carbonyl (C=O) groups is 1. The summed E-state index contributed by atoms with van der Waals surface area (Å²) in [5.74, 6) is -0.421. The zero-order valence-electron chi connectivity index (χ0n) is 14.4. The van der Waals surface area contributed by atoms with E-state index in [1.807, 2.05) is 0 Å². The van der Waals surface area contributed by atoms with Crippen LogP contribution in [-0.2, 0) is 13.2 Å². The van der Waals surface area contributed by atoms with Crippen LogP contribution in [0.25, 0.3) is 11.4 Å². The maximum atomic E-state index is 12.9. The van der Waals surface area contributed by atoms with Crippen molar-refractivity contribution in [3.05, 3.63) is 53.1 Å². The maximum absolute atomic E-state index is 12.9. The number of hydrogen-bond donors (Lipinski definition) is 2. The van der Waals surface area contributed by atoms with Crippen LogP contribution in [0.15, 0.2) is 36.4 Å². The topological polar surface area (TPSA) is 98.7 Å². The van der Waals surface area contributed by atoms with Crippen LogP contribution in [0.5, 0.6) is 0 Å². The van der Waals surface area contributed by atoms with Crippen LogP contribution in [0.4, 0.5) is 24.5 Å². The van der Waals surface area contributed by atoms with E-state index in [0.29, 0.717) is 16.8 Å². The monoisotopic (exact) mass is 376 g/mol. The lowest BCUT2D eigenvalue weighted by atomic mass is 9.99. The van der Waals surface area contributed by atoms with Crippen molar-refractivity contribution in [2.45, 2.75) is 13.1 Å². The smallest absolute Gasteiger partial charge is 0.366 e. The number of nitrogens with zero attached hydrogens (tertiary/aromatic N) is 4. The second-order valence-electron chi connectivity index (χ2n) is 5.83. The van der Waals surface area contributed by atoms with Gasteiger partial charge in [0.25, 0.3) is 0 Å². The van der Waals surface area contributed by atoms with Gasteiger partial charge in [0.2, 0.25) is 11.7 Å². The van der Waals surface area contributed by atoms with Gasteiger partial charge >= 0.3 is 6.18 Å². The second-order valence-corrected chi connectivity index (χ2v) is 5.83. The molecule has 0 aliphatic heterocycles. The molecular weight excluding hydrogens is 361 g/mol. The molecule has 1 amide bonds. The van der Waals surface area contributed by atoms with Gasteiger partial charge in [-0.05, 0) is 48.0 Å². The van der Waals surface area contributed by atoms with Gasteiger partial charge in [-0.25, -0.2) is 0 Å². The quantitative estimate of drug-likeness (QED) is 0.729. The van der Waals surface area contributed by atoms with Crippen molar-refractivity contribution in [1.82, 2.24) is 20.2 Å². The van der Waals surface area contributed by atoms with Gasteiger partial charge in [0.05, 0.1) is 23.9 Å². The number of hydrogen-bond acceptors (Lipinski definition) is 5. The van der Waals surface area contributed by atoms with Crippen molar-refractivity contribution >= 4 is 17.3 Å². The first-order chi connectivity index (χ1) is 12.7. The summed E-state index contributed by atoms with van der Waals surface area (Å²) < 4.78 is 38.8. The third kappa shape index (κ3) is 3.73. The standard InChI is InChI=1S/C17H15F3N6O/c1-9-12(15(21)27)6-7-13(14(9)16-23-25-26(2)24-16)22-11-5-3-4-10(8-11)17(18,19)20/h3-8,22H,1-2H3,(H2,21,27). The molecule has 0 saturated carbocycles. The van der Waals surface area contributed by atoms with Gasteiger partial charge in [-0.1, -0.05) is 6.07 Å². The van der Waals surface area contributed by atoms with Crippen molar-refractivity contribution in [2.75, 3.05) is 5.32 Å². The van der Waals surface area contributed by atoms with Gasteiger partial charge in [-0.2, -0.15) is 18.0 Å². The number of anilines is 2. The number of tetrazole rings is 1. The van der Waals surface area contributed by atoms with E-state index in [1.165, 1.54) is 23.0 Å². The summed E-state index contributed by atoms with van der Waals surface area (Å²) in [5, 5.41) is 14.8. The van der Waals surface area contributed by atoms with Crippen LogP contribution >= 0.6 is 0 Å². The normalized spacial score (nSPS) is 11.4. The molecule has 3 aromatic rings. The minimum atomic E-state index is -4.46. The number of nitrogens with one attached hydrogen (secondary N) is 1. The van der Waals surface area contributed by atoms with Gasteiger partial charge in [-0.15, -0.1) is 10.2 Å². The van der Waals surface area contributed by atoms with Crippen LogP contribution in [0.3, 0.4) is 0 Å². The fourth-order valence-electron chi connectivity index (χ4n) is 2.68. The molecule has 3 N–H and O–H groups in total. The Bertz CT molecular complexity index is 1010. The van der Waals surface area contributed by atoms with Crippen molar-refractivity contribution in [2.24, 2.45) is 12.8 Å². The van der Waals surface area contributed by atoms with Crippen LogP contribution in [0, 0.1) is 6.92 Å². The summed E-state index contributed by atoms with van der Waals surface area (Å²) in [7, 11) is 1.57. The molecule has 0 spiro atoms. The highest BCUT2D eigenvalue weighted by atomic mass is 19.4. The molecule has 0 bridgehead atoms. The molecule has 27 heavy (non-hydrogen) atoms. The molecule has 7 nitrogen and oxygen atoms in total. The van der Waals surface area contributed by atoms with E-state index in [9.17, 15) is 18.0 Å². The summed E-state index contributed by atoms with van der Waals surface area (Å²) in [4.78, 5) is 12.9. The first kappa shape index (κ1) is 18.4. The van der Waals surface area contributed by atoms with Gasteiger partial charge in [0.15, 0.2) is 0 Å². The fraction of sp³-hybridized carbons (Fsp3) is 0.176. The number of amides is 1. The number of halogens is 3. The first-order valence-corrected chi connectivity index (χ1v) is 7.79. The molecular formula is C17H15F3N6O. The number of aromatic nitrogens is 4. The van der Waals surface area contributed by atoms with Crippen LogP contribution in [-0.4, -0.2) is 26.1 Å². The molecule has 1 heterocycles. The van der Waals surface area contributed by atoms with E-state index in [2.05, 4.69) is 20.7 Å². The SMILES string of the molecule is Cc1c(C(N)=O)ccc(Nc2cccc(C(F)(F)F)c2)c1-c1nnn(C)n1. The van der Waals surface area contributed by atoms with Crippen LogP contribution in [0.1, 0.15) is 21.5 Å². The third-order valence-corrected chi connectivity index (χ3v) is 3.93. The molecule has 0 aliphatic carbocycles. The highest BCUT2D eigenvalue weighted by Crippen LogP contribution is 2.35. The molecule has 140 valence electrons. The molecule has 0 fully saturated rings.